The van der Waals surface area contributed by atoms with E-state index < -0.39 is 11.8 Å². The quantitative estimate of drug-likeness (QED) is 0.250. The summed E-state index contributed by atoms with van der Waals surface area (Å²) in [6, 6.07) is 7.12. The Hall–Kier alpha value is -1.70. The zero-order valence-electron chi connectivity index (χ0n) is 18.7. The standard InChI is InChI=1S/C22H24N2O6S4/c1-3-29-33-21(31)15-9-17(25)23(19(15)27)11-13-6-5-7-14(8-13)12-24-18(26)10-16(20(24)28)22(32)34-30-4-2/h5-8,15-16H,3-4,9-12H2,1-2H3. The van der Waals surface area contributed by atoms with Crippen molar-refractivity contribution in [3.8, 4) is 0 Å². The number of likely N-dealkylation sites (tertiary alicyclic amines) is 2. The summed E-state index contributed by atoms with van der Waals surface area (Å²) in [5.74, 6) is -2.66. The molecule has 2 unspecified atom stereocenters. The van der Waals surface area contributed by atoms with Crippen molar-refractivity contribution in [3.63, 3.8) is 0 Å². The lowest BCUT2D eigenvalue weighted by Gasteiger charge is -2.18. The van der Waals surface area contributed by atoms with Gasteiger partial charge in [-0.3, -0.25) is 29.0 Å². The van der Waals surface area contributed by atoms with Gasteiger partial charge in [-0.2, -0.15) is 0 Å². The van der Waals surface area contributed by atoms with Crippen molar-refractivity contribution in [1.29, 1.82) is 0 Å². The maximum absolute atomic E-state index is 12.8. The number of hydrogen-bond acceptors (Lipinski definition) is 10. The SMILES string of the molecule is CCOSC(=S)C1CC(=O)N(Cc2cccc(CN3C(=O)CC(C(=S)SOCC)C3=O)c2)C1=O. The Bertz CT molecular complexity index is 942. The largest absolute Gasteiger partial charge is 0.310 e. The van der Waals surface area contributed by atoms with E-state index in [9.17, 15) is 19.2 Å². The van der Waals surface area contributed by atoms with Crippen molar-refractivity contribution in [3.05, 3.63) is 35.4 Å². The number of hydrogen-bond donors (Lipinski definition) is 0. The van der Waals surface area contributed by atoms with Gasteiger partial charge in [-0.05, 0) is 25.0 Å². The Morgan fingerprint density at radius 2 is 1.26 bits per heavy atom. The molecule has 0 radical (unpaired) electrons. The zero-order valence-corrected chi connectivity index (χ0v) is 21.9. The van der Waals surface area contributed by atoms with Crippen LogP contribution in [-0.2, 0) is 40.6 Å². The molecule has 8 nitrogen and oxygen atoms in total. The van der Waals surface area contributed by atoms with Crippen molar-refractivity contribution in [2.24, 2.45) is 11.8 Å². The molecule has 0 N–H and O–H groups in total. The van der Waals surface area contributed by atoms with Gasteiger partial charge in [0.15, 0.2) is 0 Å². The van der Waals surface area contributed by atoms with Crippen LogP contribution in [0.3, 0.4) is 0 Å². The average Bonchev–Trinajstić information content (AvgIpc) is 3.26. The van der Waals surface area contributed by atoms with E-state index in [0.29, 0.717) is 32.7 Å². The summed E-state index contributed by atoms with van der Waals surface area (Å²) in [5, 5.41) is 0. The summed E-state index contributed by atoms with van der Waals surface area (Å²) in [5.41, 5.74) is 1.42. The molecule has 0 aromatic heterocycles. The van der Waals surface area contributed by atoms with E-state index in [4.69, 9.17) is 32.8 Å². The number of rotatable bonds is 10. The molecule has 2 heterocycles. The predicted octanol–water partition coefficient (Wildman–Crippen LogP) is 3.46. The molecule has 2 aliphatic heterocycles. The summed E-state index contributed by atoms with van der Waals surface area (Å²) in [4.78, 5) is 52.9. The van der Waals surface area contributed by atoms with Crippen molar-refractivity contribution >= 4 is 80.5 Å². The topological polar surface area (TPSA) is 93.2 Å². The summed E-state index contributed by atoms with van der Waals surface area (Å²) in [6.07, 6.45) is 0.0462. The lowest BCUT2D eigenvalue weighted by Crippen LogP contribution is -2.32. The predicted molar refractivity (Wildman–Crippen MR) is 137 cm³/mol. The molecule has 2 aliphatic rings. The second kappa shape index (κ2) is 12.3. The van der Waals surface area contributed by atoms with Gasteiger partial charge in [0.25, 0.3) is 0 Å². The minimum absolute atomic E-state index is 0.0231. The summed E-state index contributed by atoms with van der Waals surface area (Å²) < 4.78 is 11.1. The number of thiocarbonyl (C=S) groups is 2. The maximum atomic E-state index is 12.8. The Morgan fingerprint density at radius 3 is 1.65 bits per heavy atom. The Balaban J connectivity index is 1.65. The van der Waals surface area contributed by atoms with Crippen LogP contribution >= 0.6 is 48.5 Å². The monoisotopic (exact) mass is 540 g/mol. The van der Waals surface area contributed by atoms with Crippen LogP contribution in [0.25, 0.3) is 0 Å². The van der Waals surface area contributed by atoms with Gasteiger partial charge in [-0.1, -0.05) is 48.7 Å². The van der Waals surface area contributed by atoms with Crippen LogP contribution in [0.4, 0.5) is 0 Å². The molecule has 34 heavy (non-hydrogen) atoms. The van der Waals surface area contributed by atoms with Gasteiger partial charge in [0, 0.05) is 36.9 Å². The van der Waals surface area contributed by atoms with Crippen molar-refractivity contribution < 1.29 is 27.5 Å². The van der Waals surface area contributed by atoms with Crippen LogP contribution in [0.2, 0.25) is 0 Å². The fraction of sp³-hybridized carbons (Fsp3) is 0.455. The van der Waals surface area contributed by atoms with E-state index in [0.717, 1.165) is 24.1 Å². The second-order valence-electron chi connectivity index (χ2n) is 7.59. The fourth-order valence-electron chi connectivity index (χ4n) is 3.61. The van der Waals surface area contributed by atoms with E-state index >= 15 is 0 Å². The molecule has 0 aliphatic carbocycles. The van der Waals surface area contributed by atoms with E-state index in [1.165, 1.54) is 9.80 Å². The van der Waals surface area contributed by atoms with Crippen LogP contribution in [-0.4, -0.2) is 55.0 Å². The van der Waals surface area contributed by atoms with Crippen LogP contribution < -0.4 is 0 Å². The Labute approximate surface area is 217 Å². The highest BCUT2D eigenvalue weighted by atomic mass is 32.2. The lowest BCUT2D eigenvalue weighted by atomic mass is 10.1. The van der Waals surface area contributed by atoms with Crippen molar-refractivity contribution in [2.45, 2.75) is 39.8 Å². The van der Waals surface area contributed by atoms with E-state index in [1.807, 2.05) is 13.8 Å². The number of nitrogens with zero attached hydrogens (tertiary/aromatic N) is 2. The van der Waals surface area contributed by atoms with Gasteiger partial charge in [-0.25, -0.2) is 0 Å². The first-order chi connectivity index (χ1) is 16.3. The van der Waals surface area contributed by atoms with Gasteiger partial charge >= 0.3 is 0 Å². The molecule has 1 aromatic rings. The molecule has 2 saturated heterocycles. The maximum Gasteiger partial charge on any atom is 0.239 e. The first-order valence-corrected chi connectivity index (χ1v) is 13.0. The number of carbonyl (C=O) groups excluding carboxylic acids is 4. The molecule has 2 atom stereocenters. The van der Waals surface area contributed by atoms with Gasteiger partial charge < -0.3 is 8.37 Å². The minimum atomic E-state index is -0.683. The van der Waals surface area contributed by atoms with Gasteiger partial charge in [0.1, 0.15) is 0 Å². The van der Waals surface area contributed by atoms with E-state index in [-0.39, 0.29) is 49.6 Å². The molecular formula is C22H24N2O6S4. The van der Waals surface area contributed by atoms with Crippen molar-refractivity contribution in [1.82, 2.24) is 9.80 Å². The van der Waals surface area contributed by atoms with Crippen LogP contribution in [0.15, 0.2) is 24.3 Å². The summed E-state index contributed by atoms with van der Waals surface area (Å²) in [7, 11) is 0. The van der Waals surface area contributed by atoms with Gasteiger partial charge in [-0.15, -0.1) is 0 Å². The second-order valence-corrected chi connectivity index (χ2v) is 10.7. The normalized spacial score (nSPS) is 20.5. The Morgan fingerprint density at radius 1 is 0.853 bits per heavy atom. The molecule has 3 rings (SSSR count). The highest BCUT2D eigenvalue weighted by Gasteiger charge is 2.42. The third kappa shape index (κ3) is 6.29. The third-order valence-electron chi connectivity index (χ3n) is 5.25. The molecule has 0 bridgehead atoms. The summed E-state index contributed by atoms with van der Waals surface area (Å²) >= 11 is 12.4. The number of imide groups is 2. The molecule has 182 valence electrons. The molecule has 4 amide bonds. The van der Waals surface area contributed by atoms with Crippen LogP contribution in [0.1, 0.15) is 37.8 Å². The number of carbonyl (C=O) groups is 4. The smallest absolute Gasteiger partial charge is 0.239 e. The zero-order chi connectivity index (χ0) is 24.8. The number of amides is 4. The number of benzene rings is 1. The van der Waals surface area contributed by atoms with Crippen molar-refractivity contribution in [2.75, 3.05) is 13.2 Å². The molecular weight excluding hydrogens is 517 g/mol. The third-order valence-corrected chi connectivity index (χ3v) is 7.83. The molecule has 0 saturated carbocycles. The fourth-order valence-corrected chi connectivity index (χ4v) is 5.33. The molecule has 12 heteroatoms. The first kappa shape index (κ1) is 26.9. The van der Waals surface area contributed by atoms with E-state index in [1.54, 1.807) is 24.3 Å². The van der Waals surface area contributed by atoms with E-state index in [2.05, 4.69) is 0 Å². The highest BCUT2D eigenvalue weighted by molar-refractivity contribution is 8.20. The van der Waals surface area contributed by atoms with Gasteiger partial charge in [0.05, 0.1) is 46.5 Å². The lowest BCUT2D eigenvalue weighted by molar-refractivity contribution is -0.141. The first-order valence-electron chi connectivity index (χ1n) is 10.7. The highest BCUT2D eigenvalue weighted by Crippen LogP contribution is 2.30. The molecule has 1 aromatic carbocycles. The van der Waals surface area contributed by atoms with Gasteiger partial charge in [0.2, 0.25) is 23.6 Å². The average molecular weight is 541 g/mol. The van der Waals surface area contributed by atoms with Crippen LogP contribution in [0.5, 0.6) is 0 Å². The minimum Gasteiger partial charge on any atom is -0.310 e. The Kier molecular flexibility index (Phi) is 9.74. The molecule has 2 fully saturated rings. The van der Waals surface area contributed by atoms with Crippen LogP contribution in [0, 0.1) is 11.8 Å². The molecule has 0 spiro atoms. The summed E-state index contributed by atoms with van der Waals surface area (Å²) in [6.45, 7) is 4.68.